The fourth-order valence-corrected chi connectivity index (χ4v) is 2.04. The molecule has 0 aliphatic carbocycles. The molecule has 3 N–H and O–H groups in total. The molecular formula is C14H19ClN2O3. The van der Waals surface area contributed by atoms with Crippen molar-refractivity contribution >= 4 is 29.2 Å². The van der Waals surface area contributed by atoms with Gasteiger partial charge in [-0.15, -0.1) is 0 Å². The molecule has 1 unspecified atom stereocenters. The van der Waals surface area contributed by atoms with E-state index in [-0.39, 0.29) is 34.8 Å². The molecule has 1 amide bonds. The van der Waals surface area contributed by atoms with Gasteiger partial charge in [-0.3, -0.25) is 4.79 Å². The average molecular weight is 299 g/mol. The van der Waals surface area contributed by atoms with E-state index < -0.39 is 5.97 Å². The summed E-state index contributed by atoms with van der Waals surface area (Å²) in [6.45, 7) is 3.58. The number of benzene rings is 1. The molecule has 0 aliphatic heterocycles. The van der Waals surface area contributed by atoms with Gasteiger partial charge in [-0.1, -0.05) is 31.0 Å². The maximum Gasteiger partial charge on any atom is 0.342 e. The molecule has 0 saturated heterocycles. The van der Waals surface area contributed by atoms with Gasteiger partial charge in [0.05, 0.1) is 5.02 Å². The van der Waals surface area contributed by atoms with E-state index in [9.17, 15) is 9.59 Å². The Morgan fingerprint density at radius 3 is 2.75 bits per heavy atom. The Hall–Kier alpha value is -1.75. The SMILES string of the molecule is CCCC(C)NC(=O)COC(=O)c1c(N)cccc1Cl. The minimum absolute atomic E-state index is 0.0524. The van der Waals surface area contributed by atoms with Gasteiger partial charge in [0.1, 0.15) is 5.56 Å². The number of rotatable bonds is 6. The van der Waals surface area contributed by atoms with Crippen molar-refractivity contribution in [2.75, 3.05) is 12.3 Å². The van der Waals surface area contributed by atoms with Crippen LogP contribution in [-0.4, -0.2) is 24.5 Å². The number of ether oxygens (including phenoxy) is 1. The van der Waals surface area contributed by atoms with Crippen molar-refractivity contribution in [2.24, 2.45) is 0 Å². The molecule has 0 bridgehead atoms. The van der Waals surface area contributed by atoms with Gasteiger partial charge >= 0.3 is 5.97 Å². The molecule has 0 spiro atoms. The third-order valence-electron chi connectivity index (χ3n) is 2.71. The third kappa shape index (κ3) is 4.74. The highest BCUT2D eigenvalue weighted by molar-refractivity contribution is 6.34. The Balaban J connectivity index is 2.53. The minimum Gasteiger partial charge on any atom is -0.452 e. The Morgan fingerprint density at radius 1 is 1.45 bits per heavy atom. The second-order valence-electron chi connectivity index (χ2n) is 4.54. The summed E-state index contributed by atoms with van der Waals surface area (Å²) in [4.78, 5) is 23.4. The molecule has 6 heteroatoms. The van der Waals surface area contributed by atoms with Crippen LogP contribution in [0.1, 0.15) is 37.0 Å². The van der Waals surface area contributed by atoms with Crippen LogP contribution in [0, 0.1) is 0 Å². The normalized spacial score (nSPS) is 11.8. The predicted molar refractivity (Wildman–Crippen MR) is 78.7 cm³/mol. The van der Waals surface area contributed by atoms with Crippen molar-refractivity contribution in [1.82, 2.24) is 5.32 Å². The maximum absolute atomic E-state index is 11.8. The summed E-state index contributed by atoms with van der Waals surface area (Å²) in [5.74, 6) is -1.05. The van der Waals surface area contributed by atoms with E-state index in [0.717, 1.165) is 12.8 Å². The number of halogens is 1. The summed E-state index contributed by atoms with van der Waals surface area (Å²) in [5.41, 5.74) is 5.97. The second-order valence-corrected chi connectivity index (χ2v) is 4.94. The van der Waals surface area contributed by atoms with Crippen molar-refractivity contribution in [2.45, 2.75) is 32.7 Å². The first kappa shape index (κ1) is 16.3. The van der Waals surface area contributed by atoms with Gasteiger partial charge in [0.15, 0.2) is 6.61 Å². The van der Waals surface area contributed by atoms with E-state index in [0.29, 0.717) is 0 Å². The smallest absolute Gasteiger partial charge is 0.342 e. The second kappa shape index (κ2) is 7.75. The van der Waals surface area contributed by atoms with Crippen LogP contribution in [-0.2, 0) is 9.53 Å². The number of esters is 1. The number of amides is 1. The lowest BCUT2D eigenvalue weighted by molar-refractivity contribution is -0.124. The zero-order chi connectivity index (χ0) is 15.1. The monoisotopic (exact) mass is 298 g/mol. The molecule has 0 radical (unpaired) electrons. The number of hydrogen-bond acceptors (Lipinski definition) is 4. The summed E-state index contributed by atoms with van der Waals surface area (Å²) in [7, 11) is 0. The van der Waals surface area contributed by atoms with Crippen molar-refractivity contribution in [1.29, 1.82) is 0 Å². The number of nitrogens with one attached hydrogen (secondary N) is 1. The maximum atomic E-state index is 11.8. The summed E-state index contributed by atoms with van der Waals surface area (Å²) in [5, 5.41) is 2.94. The van der Waals surface area contributed by atoms with Crippen LogP contribution in [0.15, 0.2) is 18.2 Å². The highest BCUT2D eigenvalue weighted by atomic mass is 35.5. The fraction of sp³-hybridized carbons (Fsp3) is 0.429. The molecule has 1 aromatic carbocycles. The van der Waals surface area contributed by atoms with Crippen LogP contribution in [0.3, 0.4) is 0 Å². The Labute approximate surface area is 123 Å². The lowest BCUT2D eigenvalue weighted by Gasteiger charge is -2.13. The van der Waals surface area contributed by atoms with Gasteiger partial charge in [0.2, 0.25) is 0 Å². The number of anilines is 1. The quantitative estimate of drug-likeness (QED) is 0.624. The van der Waals surface area contributed by atoms with Gasteiger partial charge in [-0.05, 0) is 25.5 Å². The molecule has 0 saturated carbocycles. The lowest BCUT2D eigenvalue weighted by atomic mass is 10.2. The van der Waals surface area contributed by atoms with E-state index in [1.165, 1.54) is 6.07 Å². The van der Waals surface area contributed by atoms with E-state index >= 15 is 0 Å². The minimum atomic E-state index is -0.702. The lowest BCUT2D eigenvalue weighted by Crippen LogP contribution is -2.35. The Bertz CT molecular complexity index is 471. The van der Waals surface area contributed by atoms with Crippen LogP contribution in [0.5, 0.6) is 0 Å². The molecule has 1 aromatic rings. The molecule has 0 heterocycles. The molecule has 0 aromatic heterocycles. The number of nitrogens with two attached hydrogens (primary N) is 1. The molecular weight excluding hydrogens is 280 g/mol. The molecule has 110 valence electrons. The van der Waals surface area contributed by atoms with Crippen LogP contribution < -0.4 is 11.1 Å². The first-order valence-electron chi connectivity index (χ1n) is 6.46. The standard InChI is InChI=1S/C14H19ClN2O3/c1-3-5-9(2)17-12(18)8-20-14(19)13-10(15)6-4-7-11(13)16/h4,6-7,9H,3,5,8,16H2,1-2H3,(H,17,18). The summed E-state index contributed by atoms with van der Waals surface area (Å²) < 4.78 is 4.92. The molecule has 1 rings (SSSR count). The first-order chi connectivity index (χ1) is 9.45. The zero-order valence-electron chi connectivity index (χ0n) is 11.6. The van der Waals surface area contributed by atoms with Gasteiger partial charge in [0, 0.05) is 11.7 Å². The van der Waals surface area contributed by atoms with Gasteiger partial charge in [-0.2, -0.15) is 0 Å². The van der Waals surface area contributed by atoms with Crippen LogP contribution in [0.25, 0.3) is 0 Å². The van der Waals surface area contributed by atoms with Crippen molar-refractivity contribution in [3.8, 4) is 0 Å². The third-order valence-corrected chi connectivity index (χ3v) is 3.03. The van der Waals surface area contributed by atoms with E-state index in [1.807, 2.05) is 13.8 Å². The summed E-state index contributed by atoms with van der Waals surface area (Å²) in [6.07, 6.45) is 1.84. The highest BCUT2D eigenvalue weighted by Crippen LogP contribution is 2.22. The predicted octanol–water partition coefficient (Wildman–Crippen LogP) is 2.38. The molecule has 0 fully saturated rings. The van der Waals surface area contributed by atoms with Gasteiger partial charge < -0.3 is 15.8 Å². The average Bonchev–Trinajstić information content (AvgIpc) is 2.36. The van der Waals surface area contributed by atoms with Gasteiger partial charge in [-0.25, -0.2) is 4.79 Å². The molecule has 0 aliphatic rings. The molecule has 5 nitrogen and oxygen atoms in total. The van der Waals surface area contributed by atoms with E-state index in [4.69, 9.17) is 22.1 Å². The number of carbonyl (C=O) groups excluding carboxylic acids is 2. The van der Waals surface area contributed by atoms with Crippen LogP contribution >= 0.6 is 11.6 Å². The van der Waals surface area contributed by atoms with Crippen LogP contribution in [0.4, 0.5) is 5.69 Å². The number of hydrogen-bond donors (Lipinski definition) is 2. The van der Waals surface area contributed by atoms with E-state index in [1.54, 1.807) is 12.1 Å². The van der Waals surface area contributed by atoms with Gasteiger partial charge in [0.25, 0.3) is 5.91 Å². The summed E-state index contributed by atoms with van der Waals surface area (Å²) >= 11 is 5.88. The largest absolute Gasteiger partial charge is 0.452 e. The van der Waals surface area contributed by atoms with Crippen molar-refractivity contribution in [3.05, 3.63) is 28.8 Å². The first-order valence-corrected chi connectivity index (χ1v) is 6.84. The van der Waals surface area contributed by atoms with E-state index in [2.05, 4.69) is 5.32 Å². The van der Waals surface area contributed by atoms with Crippen LogP contribution in [0.2, 0.25) is 5.02 Å². The topological polar surface area (TPSA) is 81.4 Å². The van der Waals surface area contributed by atoms with Crippen molar-refractivity contribution < 1.29 is 14.3 Å². The van der Waals surface area contributed by atoms with Crippen molar-refractivity contribution in [3.63, 3.8) is 0 Å². The zero-order valence-corrected chi connectivity index (χ0v) is 12.4. The Kier molecular flexibility index (Phi) is 6.31. The number of nitrogen functional groups attached to an aromatic ring is 1. The molecule has 1 atom stereocenters. The number of carbonyl (C=O) groups is 2. The molecule has 20 heavy (non-hydrogen) atoms. The highest BCUT2D eigenvalue weighted by Gasteiger charge is 2.17. The summed E-state index contributed by atoms with van der Waals surface area (Å²) in [6, 6.07) is 4.77. The Morgan fingerprint density at radius 2 is 2.15 bits per heavy atom. The fourth-order valence-electron chi connectivity index (χ4n) is 1.78.